The lowest BCUT2D eigenvalue weighted by Crippen LogP contribution is -2.19. The smallest absolute Gasteiger partial charge is 0.144 e. The third kappa shape index (κ3) is 5.74. The van der Waals surface area contributed by atoms with E-state index in [9.17, 15) is 4.21 Å². The zero-order chi connectivity index (χ0) is 13.6. The van der Waals surface area contributed by atoms with Gasteiger partial charge in [0.1, 0.15) is 11.0 Å². The van der Waals surface area contributed by atoms with Crippen LogP contribution in [0.2, 0.25) is 5.02 Å². The summed E-state index contributed by atoms with van der Waals surface area (Å²) in [6.07, 6.45) is 6.04. The molecule has 0 aliphatic rings. The Morgan fingerprint density at radius 1 is 1.50 bits per heavy atom. The molecule has 0 fully saturated rings. The lowest BCUT2D eigenvalue weighted by Gasteiger charge is -2.12. The molecule has 0 aliphatic carbocycles. The molecule has 1 aromatic rings. The van der Waals surface area contributed by atoms with E-state index in [1.165, 1.54) is 0 Å². The molecule has 18 heavy (non-hydrogen) atoms. The van der Waals surface area contributed by atoms with E-state index in [2.05, 4.69) is 9.38 Å². The fraction of sp³-hybridized carbons (Fsp3) is 0.538. The van der Waals surface area contributed by atoms with E-state index in [0.29, 0.717) is 5.02 Å². The molecule has 1 aromatic heterocycles. The van der Waals surface area contributed by atoms with Gasteiger partial charge in [-0.2, -0.15) is 4.40 Å². The first kappa shape index (κ1) is 15.3. The van der Waals surface area contributed by atoms with E-state index in [4.69, 9.17) is 11.6 Å². The minimum Gasteiger partial charge on any atom is -0.261 e. The molecule has 0 unspecified atom stereocenters. The molecule has 1 heterocycles. The number of aryl methyl sites for hydroxylation is 1. The van der Waals surface area contributed by atoms with Gasteiger partial charge in [0.15, 0.2) is 0 Å². The number of rotatable bonds is 5. The van der Waals surface area contributed by atoms with Gasteiger partial charge in [0.25, 0.3) is 0 Å². The van der Waals surface area contributed by atoms with E-state index in [1.54, 1.807) is 18.5 Å². The normalized spacial score (nSPS) is 14.0. The zero-order valence-corrected chi connectivity index (χ0v) is 12.6. The second kappa shape index (κ2) is 7.00. The average Bonchev–Trinajstić information content (AvgIpc) is 2.27. The Kier molecular flexibility index (Phi) is 5.96. The van der Waals surface area contributed by atoms with Crippen LogP contribution in [0.4, 0.5) is 0 Å². The lowest BCUT2D eigenvalue weighted by atomic mass is 10.2. The van der Waals surface area contributed by atoms with Crippen molar-refractivity contribution in [2.75, 3.05) is 0 Å². The van der Waals surface area contributed by atoms with Gasteiger partial charge in [-0.05, 0) is 52.2 Å². The summed E-state index contributed by atoms with van der Waals surface area (Å²) in [4.78, 5) is 4.22. The molecule has 0 saturated heterocycles. The predicted octanol–water partition coefficient (Wildman–Crippen LogP) is 3.59. The van der Waals surface area contributed by atoms with E-state index >= 15 is 0 Å². The molecule has 1 rings (SSSR count). The van der Waals surface area contributed by atoms with Crippen molar-refractivity contribution in [2.45, 2.75) is 44.8 Å². The summed E-state index contributed by atoms with van der Waals surface area (Å²) in [7, 11) is -1.16. The van der Waals surface area contributed by atoms with E-state index in [0.717, 1.165) is 25.0 Å². The molecule has 0 spiro atoms. The zero-order valence-electron chi connectivity index (χ0n) is 11.0. The van der Waals surface area contributed by atoms with Gasteiger partial charge in [0.2, 0.25) is 0 Å². The van der Waals surface area contributed by atoms with Crippen LogP contribution in [-0.2, 0) is 17.4 Å². The quantitative estimate of drug-likeness (QED) is 0.613. The molecule has 0 aromatic carbocycles. The first-order valence-corrected chi connectivity index (χ1v) is 7.43. The number of pyridine rings is 1. The SMILES string of the molecule is CC(C)(C)[S@](=O)N=CCCCc1cc(Cl)ccn1. The number of hydrogen-bond acceptors (Lipinski definition) is 2. The largest absolute Gasteiger partial charge is 0.261 e. The summed E-state index contributed by atoms with van der Waals surface area (Å²) in [5.74, 6) is 0. The van der Waals surface area contributed by atoms with Gasteiger partial charge < -0.3 is 0 Å². The minimum atomic E-state index is -1.16. The number of nitrogens with zero attached hydrogens (tertiary/aromatic N) is 2. The van der Waals surface area contributed by atoms with Gasteiger partial charge in [0.05, 0.1) is 4.75 Å². The van der Waals surface area contributed by atoms with E-state index in [1.807, 2.05) is 26.8 Å². The van der Waals surface area contributed by atoms with Crippen LogP contribution < -0.4 is 0 Å². The van der Waals surface area contributed by atoms with Crippen molar-refractivity contribution < 1.29 is 4.21 Å². The summed E-state index contributed by atoms with van der Waals surface area (Å²) in [6, 6.07) is 3.63. The van der Waals surface area contributed by atoms with Crippen molar-refractivity contribution in [1.82, 2.24) is 4.98 Å². The molecule has 0 radical (unpaired) electrons. The first-order chi connectivity index (χ1) is 8.39. The van der Waals surface area contributed by atoms with Crippen molar-refractivity contribution in [3.63, 3.8) is 0 Å². The highest BCUT2D eigenvalue weighted by Crippen LogP contribution is 2.12. The van der Waals surface area contributed by atoms with Crippen molar-refractivity contribution >= 4 is 28.8 Å². The number of hydrogen-bond donors (Lipinski definition) is 0. The maximum atomic E-state index is 11.6. The maximum absolute atomic E-state index is 11.6. The summed E-state index contributed by atoms with van der Waals surface area (Å²) >= 11 is 5.87. The second-order valence-electron chi connectivity index (χ2n) is 5.01. The fourth-order valence-corrected chi connectivity index (χ4v) is 1.98. The molecule has 0 bridgehead atoms. The highest BCUT2D eigenvalue weighted by Gasteiger charge is 2.17. The molecular formula is C13H19ClN2OS. The Morgan fingerprint density at radius 3 is 2.83 bits per heavy atom. The number of halogens is 1. The molecule has 1 atom stereocenters. The average molecular weight is 287 g/mol. The van der Waals surface area contributed by atoms with Crippen molar-refractivity contribution in [1.29, 1.82) is 0 Å². The Morgan fingerprint density at radius 2 is 2.22 bits per heavy atom. The van der Waals surface area contributed by atoms with Crippen LogP contribution in [0.25, 0.3) is 0 Å². The molecule has 0 saturated carbocycles. The molecule has 3 nitrogen and oxygen atoms in total. The summed E-state index contributed by atoms with van der Waals surface area (Å²) in [5.41, 5.74) is 0.979. The third-order valence-corrected chi connectivity index (χ3v) is 3.86. The molecular weight excluding hydrogens is 268 g/mol. The Bertz CT molecular complexity index is 441. The molecule has 0 aliphatic heterocycles. The minimum absolute atomic E-state index is 0.287. The second-order valence-corrected chi connectivity index (χ2v) is 7.38. The van der Waals surface area contributed by atoms with Gasteiger partial charge in [-0.1, -0.05) is 11.6 Å². The van der Waals surface area contributed by atoms with Crippen molar-refractivity contribution in [2.24, 2.45) is 4.40 Å². The molecule has 0 amide bonds. The summed E-state index contributed by atoms with van der Waals surface area (Å²) < 4.78 is 15.4. The van der Waals surface area contributed by atoms with E-state index < -0.39 is 11.0 Å². The van der Waals surface area contributed by atoms with Gasteiger partial charge in [-0.25, -0.2) is 4.21 Å². The number of aromatic nitrogens is 1. The Balaban J connectivity index is 2.31. The van der Waals surface area contributed by atoms with Crippen molar-refractivity contribution in [3.8, 4) is 0 Å². The highest BCUT2D eigenvalue weighted by atomic mass is 35.5. The molecule has 0 N–H and O–H groups in total. The third-order valence-electron chi connectivity index (χ3n) is 2.24. The lowest BCUT2D eigenvalue weighted by molar-refractivity contribution is 0.650. The Hall–Kier alpha value is -0.740. The topological polar surface area (TPSA) is 42.3 Å². The fourth-order valence-electron chi connectivity index (χ4n) is 1.24. The number of unbranched alkanes of at least 4 members (excludes halogenated alkanes) is 1. The van der Waals surface area contributed by atoms with Gasteiger partial charge in [-0.3, -0.25) is 4.98 Å². The Labute approximate surface area is 116 Å². The predicted molar refractivity (Wildman–Crippen MR) is 78.6 cm³/mol. The van der Waals surface area contributed by atoms with E-state index in [-0.39, 0.29) is 4.75 Å². The van der Waals surface area contributed by atoms with Gasteiger partial charge in [0, 0.05) is 23.1 Å². The van der Waals surface area contributed by atoms with Crippen LogP contribution in [-0.4, -0.2) is 20.2 Å². The monoisotopic (exact) mass is 286 g/mol. The maximum Gasteiger partial charge on any atom is 0.144 e. The van der Waals surface area contributed by atoms with Crippen LogP contribution in [0.3, 0.4) is 0 Å². The molecule has 5 heteroatoms. The summed E-state index contributed by atoms with van der Waals surface area (Å²) in [5, 5.41) is 0.711. The first-order valence-electron chi connectivity index (χ1n) is 5.94. The van der Waals surface area contributed by atoms with Crippen LogP contribution >= 0.6 is 11.6 Å². The standard InChI is InChI=1S/C13H19ClN2OS/c1-13(2,3)18(17)16-8-5-4-6-12-10-11(14)7-9-15-12/h7-10H,4-6H2,1-3H3/t18-/m0/s1. The van der Waals surface area contributed by atoms with Gasteiger partial charge >= 0.3 is 0 Å². The van der Waals surface area contributed by atoms with Crippen LogP contribution in [0.15, 0.2) is 22.7 Å². The van der Waals surface area contributed by atoms with Crippen LogP contribution in [0, 0.1) is 0 Å². The summed E-state index contributed by atoms with van der Waals surface area (Å²) in [6.45, 7) is 5.74. The van der Waals surface area contributed by atoms with Crippen molar-refractivity contribution in [3.05, 3.63) is 29.0 Å². The molecule has 100 valence electrons. The van der Waals surface area contributed by atoms with Crippen LogP contribution in [0.1, 0.15) is 39.3 Å². The van der Waals surface area contributed by atoms with Gasteiger partial charge in [-0.15, -0.1) is 0 Å². The highest BCUT2D eigenvalue weighted by molar-refractivity contribution is 7.85. The van der Waals surface area contributed by atoms with Crippen LogP contribution in [0.5, 0.6) is 0 Å².